The number of quaternary nitrogens is 2. The fourth-order valence-electron chi connectivity index (χ4n) is 3.92. The van der Waals surface area contributed by atoms with E-state index in [2.05, 4.69) is 10.6 Å². The van der Waals surface area contributed by atoms with Crippen LogP contribution in [-0.4, -0.2) is 51.1 Å². The molecule has 0 radical (unpaired) electrons. The van der Waals surface area contributed by atoms with Gasteiger partial charge in [0.15, 0.2) is 13.1 Å². The average Bonchev–Trinajstić information content (AvgIpc) is 2.69. The average molecular weight is 431 g/mol. The van der Waals surface area contributed by atoms with Crippen LogP contribution in [0, 0.1) is 20.8 Å². The van der Waals surface area contributed by atoms with Crippen LogP contribution in [0.1, 0.15) is 16.7 Å². The van der Waals surface area contributed by atoms with E-state index in [0.717, 1.165) is 54.2 Å². The molecule has 1 saturated heterocycles. The number of aryl methyl sites for hydroxylation is 3. The van der Waals surface area contributed by atoms with Crippen molar-refractivity contribution in [3.63, 3.8) is 0 Å². The molecule has 0 aliphatic carbocycles. The number of halogens is 1. The summed E-state index contributed by atoms with van der Waals surface area (Å²) in [4.78, 5) is 27.4. The molecule has 3 rings (SSSR count). The third-order valence-electron chi connectivity index (χ3n) is 5.69. The first-order valence-electron chi connectivity index (χ1n) is 10.4. The standard InChI is InChI=1S/C23H29ClN4O2/c1-16-5-4-6-17(2)23(16)26-22(30)15-28-11-9-27(10-12-28)14-21(29)25-20-8-7-19(24)13-18(20)3/h4-8,13H,9-12,14-15H2,1-3H3,(H,25,29)(H,26,30)/p+2. The highest BCUT2D eigenvalue weighted by molar-refractivity contribution is 6.30. The largest absolute Gasteiger partial charge is 0.321 e. The van der Waals surface area contributed by atoms with Gasteiger partial charge in [-0.3, -0.25) is 9.59 Å². The summed E-state index contributed by atoms with van der Waals surface area (Å²) in [5.41, 5.74) is 4.83. The number of carbonyl (C=O) groups excluding carboxylic acids is 2. The van der Waals surface area contributed by atoms with Gasteiger partial charge in [-0.25, -0.2) is 0 Å². The van der Waals surface area contributed by atoms with Crippen LogP contribution >= 0.6 is 11.6 Å². The van der Waals surface area contributed by atoms with Crippen LogP contribution in [0.25, 0.3) is 0 Å². The van der Waals surface area contributed by atoms with Crippen molar-refractivity contribution in [2.75, 3.05) is 49.9 Å². The summed E-state index contributed by atoms with van der Waals surface area (Å²) in [5, 5.41) is 6.71. The molecule has 0 saturated carbocycles. The van der Waals surface area contributed by atoms with E-state index in [1.807, 2.05) is 51.1 Å². The van der Waals surface area contributed by atoms with Crippen molar-refractivity contribution in [1.29, 1.82) is 0 Å². The Balaban J connectivity index is 1.43. The van der Waals surface area contributed by atoms with E-state index in [9.17, 15) is 9.59 Å². The molecule has 0 unspecified atom stereocenters. The van der Waals surface area contributed by atoms with Gasteiger partial charge in [-0.2, -0.15) is 0 Å². The molecule has 1 heterocycles. The predicted octanol–water partition coefficient (Wildman–Crippen LogP) is 0.626. The molecule has 1 fully saturated rings. The van der Waals surface area contributed by atoms with Crippen LogP contribution in [0.15, 0.2) is 36.4 Å². The summed E-state index contributed by atoms with van der Waals surface area (Å²) in [6, 6.07) is 11.5. The van der Waals surface area contributed by atoms with Crippen LogP contribution < -0.4 is 20.4 Å². The van der Waals surface area contributed by atoms with Crippen molar-refractivity contribution < 1.29 is 19.4 Å². The van der Waals surface area contributed by atoms with Crippen molar-refractivity contribution in [3.05, 3.63) is 58.1 Å². The van der Waals surface area contributed by atoms with Gasteiger partial charge in [-0.1, -0.05) is 29.8 Å². The number of piperazine rings is 1. The number of benzene rings is 2. The monoisotopic (exact) mass is 430 g/mol. The highest BCUT2D eigenvalue weighted by atomic mass is 35.5. The quantitative estimate of drug-likeness (QED) is 0.543. The third-order valence-corrected chi connectivity index (χ3v) is 5.93. The molecule has 0 bridgehead atoms. The first-order valence-corrected chi connectivity index (χ1v) is 10.8. The van der Waals surface area contributed by atoms with E-state index < -0.39 is 0 Å². The van der Waals surface area contributed by atoms with Crippen LogP contribution in [0.2, 0.25) is 5.02 Å². The Bertz CT molecular complexity index is 903. The topological polar surface area (TPSA) is 67.1 Å². The Labute approximate surface area is 183 Å². The van der Waals surface area contributed by atoms with Crippen LogP contribution in [0.3, 0.4) is 0 Å². The zero-order valence-electron chi connectivity index (χ0n) is 17.9. The van der Waals surface area contributed by atoms with Crippen molar-refractivity contribution in [1.82, 2.24) is 0 Å². The maximum absolute atomic E-state index is 12.5. The minimum Gasteiger partial charge on any atom is -0.321 e. The van der Waals surface area contributed by atoms with Gasteiger partial charge in [0.25, 0.3) is 11.8 Å². The second-order valence-corrected chi connectivity index (χ2v) is 8.61. The molecule has 2 amide bonds. The van der Waals surface area contributed by atoms with Gasteiger partial charge in [0.2, 0.25) is 0 Å². The second-order valence-electron chi connectivity index (χ2n) is 8.18. The summed E-state index contributed by atoms with van der Waals surface area (Å²) < 4.78 is 0. The van der Waals surface area contributed by atoms with E-state index in [-0.39, 0.29) is 11.8 Å². The highest BCUT2D eigenvalue weighted by Gasteiger charge is 2.26. The summed E-state index contributed by atoms with van der Waals surface area (Å²) in [5.74, 6) is 0.0495. The van der Waals surface area contributed by atoms with Gasteiger partial charge in [0, 0.05) is 16.4 Å². The molecule has 160 valence electrons. The molecule has 2 aromatic carbocycles. The number of rotatable bonds is 6. The lowest BCUT2D eigenvalue weighted by Gasteiger charge is -2.29. The molecule has 2 aromatic rings. The van der Waals surface area contributed by atoms with Gasteiger partial charge in [-0.15, -0.1) is 0 Å². The van der Waals surface area contributed by atoms with Crippen LogP contribution in [0.5, 0.6) is 0 Å². The summed E-state index contributed by atoms with van der Waals surface area (Å²) in [6.07, 6.45) is 0. The number of carbonyl (C=O) groups is 2. The number of hydrogen-bond acceptors (Lipinski definition) is 2. The molecule has 0 spiro atoms. The predicted molar refractivity (Wildman–Crippen MR) is 120 cm³/mol. The first kappa shape index (κ1) is 22.3. The Morgan fingerprint density at radius 3 is 1.90 bits per heavy atom. The molecule has 0 aromatic heterocycles. The van der Waals surface area contributed by atoms with E-state index in [1.54, 1.807) is 6.07 Å². The number of amides is 2. The minimum atomic E-state index is 0.00615. The lowest BCUT2D eigenvalue weighted by Crippen LogP contribution is -3.28. The SMILES string of the molecule is Cc1cc(Cl)ccc1NC(=O)C[NH+]1CC[NH+](CC(=O)Nc2c(C)cccc2C)CC1. The molecule has 7 heteroatoms. The Morgan fingerprint density at radius 2 is 1.37 bits per heavy atom. The smallest absolute Gasteiger partial charge is 0.279 e. The van der Waals surface area contributed by atoms with Crippen molar-refractivity contribution >= 4 is 34.8 Å². The van der Waals surface area contributed by atoms with E-state index in [4.69, 9.17) is 11.6 Å². The molecule has 1 aliphatic heterocycles. The lowest BCUT2D eigenvalue weighted by molar-refractivity contribution is -1.00. The first-order chi connectivity index (χ1) is 14.3. The molecule has 4 N–H and O–H groups in total. The van der Waals surface area contributed by atoms with Gasteiger partial charge in [-0.05, 0) is 55.7 Å². The van der Waals surface area contributed by atoms with Crippen molar-refractivity contribution in [2.24, 2.45) is 0 Å². The number of hydrogen-bond donors (Lipinski definition) is 4. The summed E-state index contributed by atoms with van der Waals surface area (Å²) in [7, 11) is 0. The van der Waals surface area contributed by atoms with Gasteiger partial charge < -0.3 is 20.4 Å². The number of para-hydroxylation sites is 1. The molecule has 0 atom stereocenters. The highest BCUT2D eigenvalue weighted by Crippen LogP contribution is 2.19. The maximum Gasteiger partial charge on any atom is 0.279 e. The minimum absolute atomic E-state index is 0.00615. The normalized spacial score (nSPS) is 18.7. The van der Waals surface area contributed by atoms with Gasteiger partial charge in [0.05, 0.1) is 0 Å². The third kappa shape index (κ3) is 6.05. The van der Waals surface area contributed by atoms with Gasteiger partial charge in [0.1, 0.15) is 26.2 Å². The van der Waals surface area contributed by atoms with E-state index in [0.29, 0.717) is 18.1 Å². The fourth-order valence-corrected chi connectivity index (χ4v) is 4.15. The maximum atomic E-state index is 12.5. The lowest BCUT2D eigenvalue weighted by atomic mass is 10.1. The Hall–Kier alpha value is -2.41. The second kappa shape index (κ2) is 10.1. The summed E-state index contributed by atoms with van der Waals surface area (Å²) in [6.45, 7) is 10.3. The molecule has 1 aliphatic rings. The van der Waals surface area contributed by atoms with Crippen molar-refractivity contribution in [2.45, 2.75) is 20.8 Å². The van der Waals surface area contributed by atoms with E-state index in [1.165, 1.54) is 9.80 Å². The summed E-state index contributed by atoms with van der Waals surface area (Å²) >= 11 is 5.97. The molecular weight excluding hydrogens is 400 g/mol. The Kier molecular flexibility index (Phi) is 7.48. The Morgan fingerprint density at radius 1 is 0.833 bits per heavy atom. The van der Waals surface area contributed by atoms with Crippen molar-refractivity contribution in [3.8, 4) is 0 Å². The van der Waals surface area contributed by atoms with Crippen LogP contribution in [0.4, 0.5) is 11.4 Å². The number of anilines is 2. The fraction of sp³-hybridized carbons (Fsp3) is 0.391. The molecule has 6 nitrogen and oxygen atoms in total. The molecule has 30 heavy (non-hydrogen) atoms. The van der Waals surface area contributed by atoms with Crippen LogP contribution in [-0.2, 0) is 9.59 Å². The number of nitrogens with one attached hydrogen (secondary N) is 4. The van der Waals surface area contributed by atoms with Gasteiger partial charge >= 0.3 is 0 Å². The zero-order valence-corrected chi connectivity index (χ0v) is 18.7. The van der Waals surface area contributed by atoms with E-state index >= 15 is 0 Å². The molecular formula is C23H31ClN4O2+2. The zero-order chi connectivity index (χ0) is 21.7.